The van der Waals surface area contributed by atoms with Crippen molar-refractivity contribution in [2.24, 2.45) is 0 Å². The van der Waals surface area contributed by atoms with Gasteiger partial charge in [0.1, 0.15) is 9.77 Å². The maximum Gasteiger partial charge on any atom is 0.263 e. The van der Waals surface area contributed by atoms with Crippen LogP contribution in [0.3, 0.4) is 0 Å². The number of carbonyl (C=O) groups is 1. The highest BCUT2D eigenvalue weighted by atomic mass is 32.2. The standard InChI is InChI=1S/C17H21N3O3S2/c1-13(14-6-5-8-18-12-14)19-17(21)16-15(7-11-24-16)25(22,23)20-9-3-2-4-10-20/h5-8,11-13H,2-4,9-10H2,1H3,(H,19,21). The fraction of sp³-hybridized carbons (Fsp3) is 0.412. The van der Waals surface area contributed by atoms with Gasteiger partial charge in [-0.2, -0.15) is 4.31 Å². The van der Waals surface area contributed by atoms with E-state index in [1.165, 1.54) is 10.4 Å². The van der Waals surface area contributed by atoms with Crippen LogP contribution in [0.2, 0.25) is 0 Å². The third-order valence-corrected chi connectivity index (χ3v) is 7.28. The van der Waals surface area contributed by atoms with Crippen LogP contribution in [-0.4, -0.2) is 36.7 Å². The Morgan fingerprint density at radius 2 is 2.04 bits per heavy atom. The molecule has 0 spiro atoms. The Morgan fingerprint density at radius 1 is 1.28 bits per heavy atom. The van der Waals surface area contributed by atoms with Crippen molar-refractivity contribution in [3.8, 4) is 0 Å². The molecule has 1 amide bonds. The van der Waals surface area contributed by atoms with E-state index >= 15 is 0 Å². The van der Waals surface area contributed by atoms with E-state index in [9.17, 15) is 13.2 Å². The third-order valence-electron chi connectivity index (χ3n) is 4.30. The Morgan fingerprint density at radius 3 is 2.72 bits per heavy atom. The lowest BCUT2D eigenvalue weighted by molar-refractivity contribution is 0.0940. The van der Waals surface area contributed by atoms with Crippen molar-refractivity contribution in [3.05, 3.63) is 46.4 Å². The number of sulfonamides is 1. The summed E-state index contributed by atoms with van der Waals surface area (Å²) in [5.41, 5.74) is 0.868. The van der Waals surface area contributed by atoms with Crippen molar-refractivity contribution in [3.63, 3.8) is 0 Å². The minimum Gasteiger partial charge on any atom is -0.345 e. The third kappa shape index (κ3) is 3.91. The lowest BCUT2D eigenvalue weighted by Gasteiger charge is -2.26. The number of hydrogen-bond acceptors (Lipinski definition) is 5. The second kappa shape index (κ2) is 7.63. The molecule has 1 fully saturated rings. The summed E-state index contributed by atoms with van der Waals surface area (Å²) >= 11 is 1.15. The van der Waals surface area contributed by atoms with Gasteiger partial charge in [-0.15, -0.1) is 11.3 Å². The van der Waals surface area contributed by atoms with Crippen LogP contribution in [0.4, 0.5) is 0 Å². The molecule has 25 heavy (non-hydrogen) atoms. The van der Waals surface area contributed by atoms with E-state index in [1.54, 1.807) is 23.8 Å². The Hall–Kier alpha value is -1.77. The van der Waals surface area contributed by atoms with Crippen molar-refractivity contribution in [2.75, 3.05) is 13.1 Å². The molecule has 0 aliphatic carbocycles. The second-order valence-electron chi connectivity index (χ2n) is 6.06. The fourth-order valence-corrected chi connectivity index (χ4v) is 5.71. The maximum absolute atomic E-state index is 12.9. The van der Waals surface area contributed by atoms with Crippen molar-refractivity contribution < 1.29 is 13.2 Å². The summed E-state index contributed by atoms with van der Waals surface area (Å²) in [6, 6.07) is 4.94. The summed E-state index contributed by atoms with van der Waals surface area (Å²) in [6.07, 6.45) is 6.13. The monoisotopic (exact) mass is 379 g/mol. The molecule has 3 rings (SSSR count). The number of pyridine rings is 1. The Balaban J connectivity index is 1.80. The summed E-state index contributed by atoms with van der Waals surface area (Å²) in [5, 5.41) is 4.52. The van der Waals surface area contributed by atoms with E-state index in [0.717, 1.165) is 36.2 Å². The molecule has 0 bridgehead atoms. The summed E-state index contributed by atoms with van der Waals surface area (Å²) in [6.45, 7) is 2.89. The molecular formula is C17H21N3O3S2. The van der Waals surface area contributed by atoms with E-state index in [0.29, 0.717) is 13.1 Å². The second-order valence-corrected chi connectivity index (χ2v) is 8.88. The van der Waals surface area contributed by atoms with Crippen molar-refractivity contribution in [1.82, 2.24) is 14.6 Å². The molecule has 6 nitrogen and oxygen atoms in total. The normalized spacial score (nSPS) is 17.2. The first kappa shape index (κ1) is 18.0. The van der Waals surface area contributed by atoms with E-state index in [-0.39, 0.29) is 21.7 Å². The lowest BCUT2D eigenvalue weighted by Crippen LogP contribution is -2.36. The van der Waals surface area contributed by atoms with Gasteiger partial charge in [0.25, 0.3) is 5.91 Å². The molecule has 1 saturated heterocycles. The highest BCUT2D eigenvalue weighted by molar-refractivity contribution is 7.89. The van der Waals surface area contributed by atoms with Gasteiger partial charge >= 0.3 is 0 Å². The van der Waals surface area contributed by atoms with Gasteiger partial charge in [0.2, 0.25) is 10.0 Å². The zero-order valence-corrected chi connectivity index (χ0v) is 15.6. The zero-order chi connectivity index (χ0) is 17.9. The van der Waals surface area contributed by atoms with Gasteiger partial charge in [-0.05, 0) is 42.8 Å². The number of amides is 1. The minimum atomic E-state index is -3.62. The van der Waals surface area contributed by atoms with E-state index in [2.05, 4.69) is 10.3 Å². The maximum atomic E-state index is 12.9. The Labute approximate surface area is 151 Å². The highest BCUT2D eigenvalue weighted by Gasteiger charge is 2.31. The molecule has 1 N–H and O–H groups in total. The van der Waals surface area contributed by atoms with Gasteiger partial charge in [-0.1, -0.05) is 12.5 Å². The summed E-state index contributed by atoms with van der Waals surface area (Å²) in [7, 11) is -3.62. The number of aromatic nitrogens is 1. The van der Waals surface area contributed by atoms with Crippen molar-refractivity contribution in [2.45, 2.75) is 37.1 Å². The van der Waals surface area contributed by atoms with Crippen molar-refractivity contribution >= 4 is 27.3 Å². The van der Waals surface area contributed by atoms with Gasteiger partial charge < -0.3 is 5.32 Å². The average Bonchev–Trinajstić information content (AvgIpc) is 3.14. The van der Waals surface area contributed by atoms with E-state index in [1.807, 2.05) is 13.0 Å². The molecule has 0 aromatic carbocycles. The molecule has 2 aromatic rings. The predicted octanol–water partition coefficient (Wildman–Crippen LogP) is 2.81. The molecule has 3 heterocycles. The average molecular weight is 380 g/mol. The van der Waals surface area contributed by atoms with Crippen LogP contribution < -0.4 is 5.32 Å². The molecule has 1 aliphatic rings. The van der Waals surface area contributed by atoms with Gasteiger partial charge in [0.05, 0.1) is 6.04 Å². The van der Waals surface area contributed by atoms with Crippen LogP contribution in [-0.2, 0) is 10.0 Å². The summed E-state index contributed by atoms with van der Waals surface area (Å²) in [4.78, 5) is 17.0. The minimum absolute atomic E-state index is 0.107. The smallest absolute Gasteiger partial charge is 0.263 e. The molecular weight excluding hydrogens is 358 g/mol. The number of carbonyl (C=O) groups excluding carboxylic acids is 1. The van der Waals surface area contributed by atoms with Crippen LogP contribution in [0.15, 0.2) is 40.9 Å². The molecule has 1 unspecified atom stereocenters. The summed E-state index contributed by atoms with van der Waals surface area (Å²) < 4.78 is 27.2. The largest absolute Gasteiger partial charge is 0.345 e. The quantitative estimate of drug-likeness (QED) is 0.866. The molecule has 8 heteroatoms. The predicted molar refractivity (Wildman–Crippen MR) is 97.0 cm³/mol. The fourth-order valence-electron chi connectivity index (χ4n) is 2.89. The summed E-state index contributed by atoms with van der Waals surface area (Å²) in [5.74, 6) is -0.373. The number of nitrogens with zero attached hydrogens (tertiary/aromatic N) is 2. The molecule has 0 saturated carbocycles. The van der Waals surface area contributed by atoms with Gasteiger partial charge in [0.15, 0.2) is 0 Å². The molecule has 0 radical (unpaired) electrons. The first-order valence-corrected chi connectivity index (χ1v) is 10.6. The molecule has 134 valence electrons. The SMILES string of the molecule is CC(NC(=O)c1sccc1S(=O)(=O)N1CCCCC1)c1cccnc1. The van der Waals surface area contributed by atoms with Crippen LogP contribution in [0.5, 0.6) is 0 Å². The number of rotatable bonds is 5. The topological polar surface area (TPSA) is 79.4 Å². The first-order chi connectivity index (χ1) is 12.0. The van der Waals surface area contributed by atoms with Gasteiger partial charge in [-0.25, -0.2) is 8.42 Å². The first-order valence-electron chi connectivity index (χ1n) is 8.28. The number of hydrogen-bond donors (Lipinski definition) is 1. The van der Waals surface area contributed by atoms with Gasteiger partial charge in [0, 0.05) is 25.5 Å². The van der Waals surface area contributed by atoms with Crippen LogP contribution in [0, 0.1) is 0 Å². The molecule has 1 aliphatic heterocycles. The van der Waals surface area contributed by atoms with Gasteiger partial charge in [-0.3, -0.25) is 9.78 Å². The molecule has 1 atom stereocenters. The zero-order valence-electron chi connectivity index (χ0n) is 14.0. The number of nitrogens with one attached hydrogen (secondary N) is 1. The number of piperidine rings is 1. The Bertz CT molecular complexity index is 828. The van der Waals surface area contributed by atoms with E-state index < -0.39 is 10.0 Å². The van der Waals surface area contributed by atoms with Crippen LogP contribution >= 0.6 is 11.3 Å². The molecule has 2 aromatic heterocycles. The van der Waals surface area contributed by atoms with Crippen LogP contribution in [0.1, 0.15) is 47.5 Å². The van der Waals surface area contributed by atoms with E-state index in [4.69, 9.17) is 0 Å². The van der Waals surface area contributed by atoms with Crippen molar-refractivity contribution in [1.29, 1.82) is 0 Å². The lowest BCUT2D eigenvalue weighted by atomic mass is 10.1. The van der Waals surface area contributed by atoms with Crippen LogP contribution in [0.25, 0.3) is 0 Å². The number of thiophene rings is 1. The Kier molecular flexibility index (Phi) is 5.51. The highest BCUT2D eigenvalue weighted by Crippen LogP contribution is 2.27.